The van der Waals surface area contributed by atoms with E-state index in [4.69, 9.17) is 39.9 Å². The summed E-state index contributed by atoms with van der Waals surface area (Å²) in [5.41, 5.74) is 5.33. The van der Waals surface area contributed by atoms with Crippen LogP contribution in [-0.4, -0.2) is 29.7 Å². The van der Waals surface area contributed by atoms with Crippen molar-refractivity contribution in [3.8, 4) is 0 Å². The number of hydrogen-bond acceptors (Lipinski definition) is 4. The average molecular weight is 528 g/mol. The standard InChI is InChI=1S/C24H25Cl3N4O.ClH/c1-14-22(24(32)29-30-12-16-3-2-4-17(16)13-30)28-31(21-10-9-19(26)11-20(21)27)23(14)15-5-7-18(25)8-6-15;/h5-11,14,16-17,23H,2-4,12-13H2,1H3,(H,29,32);1H/t14-,16?,17?,23+;/m0./s1. The molecule has 1 N–H and O–H groups in total. The van der Waals surface area contributed by atoms with E-state index in [1.807, 2.05) is 42.3 Å². The van der Waals surface area contributed by atoms with Gasteiger partial charge in [0, 0.05) is 29.1 Å². The zero-order valence-corrected chi connectivity index (χ0v) is 21.3. The van der Waals surface area contributed by atoms with Gasteiger partial charge >= 0.3 is 0 Å². The molecule has 0 spiro atoms. The second kappa shape index (κ2) is 10.0. The van der Waals surface area contributed by atoms with Crippen LogP contribution in [0.5, 0.6) is 0 Å². The third kappa shape index (κ3) is 4.85. The molecule has 0 radical (unpaired) electrons. The van der Waals surface area contributed by atoms with Crippen molar-refractivity contribution in [2.24, 2.45) is 22.9 Å². The first-order chi connectivity index (χ1) is 15.4. The van der Waals surface area contributed by atoms with E-state index in [2.05, 4.69) is 10.4 Å². The lowest BCUT2D eigenvalue weighted by molar-refractivity contribution is -0.119. The number of carbonyl (C=O) groups is 1. The van der Waals surface area contributed by atoms with E-state index in [-0.39, 0.29) is 30.3 Å². The van der Waals surface area contributed by atoms with Gasteiger partial charge in [0.1, 0.15) is 5.71 Å². The van der Waals surface area contributed by atoms with Gasteiger partial charge in [-0.3, -0.25) is 15.2 Å². The molecule has 3 aliphatic rings. The van der Waals surface area contributed by atoms with Crippen LogP contribution in [-0.2, 0) is 4.79 Å². The fourth-order valence-electron chi connectivity index (χ4n) is 5.37. The van der Waals surface area contributed by atoms with Crippen LogP contribution in [0.3, 0.4) is 0 Å². The summed E-state index contributed by atoms with van der Waals surface area (Å²) >= 11 is 18.8. The summed E-state index contributed by atoms with van der Waals surface area (Å²) in [5, 5.41) is 10.4. The molecule has 2 aromatic rings. The summed E-state index contributed by atoms with van der Waals surface area (Å²) < 4.78 is 0. The van der Waals surface area contributed by atoms with Crippen LogP contribution in [0.2, 0.25) is 15.1 Å². The Morgan fingerprint density at radius 1 is 1.00 bits per heavy atom. The van der Waals surface area contributed by atoms with E-state index < -0.39 is 0 Å². The van der Waals surface area contributed by atoms with Gasteiger partial charge in [-0.2, -0.15) is 5.10 Å². The molecule has 4 atom stereocenters. The number of halogens is 4. The van der Waals surface area contributed by atoms with Crippen LogP contribution in [0.4, 0.5) is 5.69 Å². The smallest absolute Gasteiger partial charge is 0.282 e. The molecule has 1 saturated carbocycles. The number of hydrazone groups is 1. The Bertz CT molecular complexity index is 1050. The fourth-order valence-corrected chi connectivity index (χ4v) is 5.99. The molecule has 1 amide bonds. The third-order valence-corrected chi connectivity index (χ3v) is 7.76. The molecular formula is C24H26Cl4N4O. The number of nitrogens with one attached hydrogen (secondary N) is 1. The van der Waals surface area contributed by atoms with Crippen LogP contribution in [0.25, 0.3) is 0 Å². The molecule has 5 rings (SSSR count). The van der Waals surface area contributed by atoms with Crippen molar-refractivity contribution in [1.82, 2.24) is 10.4 Å². The number of fused-ring (bicyclic) bond motifs is 1. The van der Waals surface area contributed by atoms with Gasteiger partial charge in [-0.05, 0) is 60.6 Å². The van der Waals surface area contributed by atoms with Crippen molar-refractivity contribution < 1.29 is 4.79 Å². The molecular weight excluding hydrogens is 502 g/mol. The van der Waals surface area contributed by atoms with Gasteiger partial charge in [0.15, 0.2) is 0 Å². The van der Waals surface area contributed by atoms with Crippen molar-refractivity contribution in [3.05, 3.63) is 63.1 Å². The summed E-state index contributed by atoms with van der Waals surface area (Å²) in [4.78, 5) is 13.3. The van der Waals surface area contributed by atoms with E-state index in [1.165, 1.54) is 19.3 Å². The topological polar surface area (TPSA) is 47.9 Å². The number of hydrogen-bond donors (Lipinski definition) is 1. The lowest BCUT2D eigenvalue weighted by Crippen LogP contribution is -2.45. The minimum absolute atomic E-state index is 0. The molecule has 9 heteroatoms. The fraction of sp³-hybridized carbons (Fsp3) is 0.417. The zero-order chi connectivity index (χ0) is 22.4. The first-order valence-electron chi connectivity index (χ1n) is 11.0. The lowest BCUT2D eigenvalue weighted by Gasteiger charge is -2.27. The highest BCUT2D eigenvalue weighted by molar-refractivity contribution is 6.41. The number of nitrogens with zero attached hydrogens (tertiary/aromatic N) is 3. The maximum Gasteiger partial charge on any atom is 0.282 e. The molecule has 176 valence electrons. The van der Waals surface area contributed by atoms with E-state index >= 15 is 0 Å². The van der Waals surface area contributed by atoms with Gasteiger partial charge in [0.2, 0.25) is 0 Å². The van der Waals surface area contributed by atoms with Crippen molar-refractivity contribution in [1.29, 1.82) is 0 Å². The number of hydrazine groups is 1. The van der Waals surface area contributed by atoms with Crippen molar-refractivity contribution >= 4 is 64.5 Å². The second-order valence-corrected chi connectivity index (χ2v) is 10.3. The lowest BCUT2D eigenvalue weighted by atomic mass is 9.91. The highest BCUT2D eigenvalue weighted by atomic mass is 35.5. The minimum Gasteiger partial charge on any atom is -0.284 e. The summed E-state index contributed by atoms with van der Waals surface area (Å²) in [6.07, 6.45) is 3.83. The van der Waals surface area contributed by atoms with E-state index in [9.17, 15) is 4.79 Å². The summed E-state index contributed by atoms with van der Waals surface area (Å²) in [5.74, 6) is 1.10. The summed E-state index contributed by atoms with van der Waals surface area (Å²) in [6.45, 7) is 3.87. The predicted octanol–water partition coefficient (Wildman–Crippen LogP) is 6.39. The molecule has 2 aliphatic heterocycles. The molecule has 33 heavy (non-hydrogen) atoms. The van der Waals surface area contributed by atoms with Crippen molar-refractivity contribution in [2.45, 2.75) is 32.2 Å². The molecule has 1 saturated heterocycles. The molecule has 5 nitrogen and oxygen atoms in total. The monoisotopic (exact) mass is 526 g/mol. The van der Waals surface area contributed by atoms with Gasteiger partial charge < -0.3 is 0 Å². The van der Waals surface area contributed by atoms with E-state index in [1.54, 1.807) is 12.1 Å². The number of carbonyl (C=O) groups excluding carboxylic acids is 1. The zero-order valence-electron chi connectivity index (χ0n) is 18.2. The number of benzene rings is 2. The van der Waals surface area contributed by atoms with Crippen LogP contribution in [0.1, 0.15) is 37.8 Å². The minimum atomic E-state index is -0.190. The van der Waals surface area contributed by atoms with Crippen LogP contribution >= 0.6 is 47.2 Å². The van der Waals surface area contributed by atoms with Crippen molar-refractivity contribution in [2.75, 3.05) is 18.1 Å². The summed E-state index contributed by atoms with van der Waals surface area (Å²) in [6, 6.07) is 12.8. The van der Waals surface area contributed by atoms with E-state index in [0.717, 1.165) is 18.7 Å². The molecule has 0 bridgehead atoms. The Labute approximate surface area is 215 Å². The van der Waals surface area contributed by atoms with Gasteiger partial charge in [-0.25, -0.2) is 5.01 Å². The highest BCUT2D eigenvalue weighted by Gasteiger charge is 2.42. The molecule has 2 unspecified atom stereocenters. The van der Waals surface area contributed by atoms with Gasteiger partial charge in [0.25, 0.3) is 5.91 Å². The Morgan fingerprint density at radius 3 is 2.27 bits per heavy atom. The third-order valence-electron chi connectivity index (χ3n) is 6.97. The van der Waals surface area contributed by atoms with Gasteiger partial charge in [0.05, 0.1) is 16.8 Å². The Balaban J connectivity index is 0.00000259. The highest BCUT2D eigenvalue weighted by Crippen LogP contribution is 2.43. The van der Waals surface area contributed by atoms with Crippen LogP contribution in [0.15, 0.2) is 47.6 Å². The largest absolute Gasteiger partial charge is 0.284 e. The molecule has 2 aromatic carbocycles. The Kier molecular flexibility index (Phi) is 7.47. The number of amides is 1. The summed E-state index contributed by atoms with van der Waals surface area (Å²) in [7, 11) is 0. The molecule has 1 aliphatic carbocycles. The normalized spacial score (nSPS) is 26.7. The predicted molar refractivity (Wildman–Crippen MR) is 138 cm³/mol. The second-order valence-electron chi connectivity index (χ2n) is 9.01. The SMILES string of the molecule is C[C@H]1C(C(=O)NN2CC3CCCC3C2)=NN(c2ccc(Cl)cc2Cl)[C@H]1c1ccc(Cl)cc1.Cl. The van der Waals surface area contributed by atoms with Gasteiger partial charge in [-0.1, -0.05) is 60.3 Å². The maximum absolute atomic E-state index is 13.3. The van der Waals surface area contributed by atoms with Crippen LogP contribution in [0, 0.1) is 17.8 Å². The van der Waals surface area contributed by atoms with E-state index in [0.29, 0.717) is 38.3 Å². The van der Waals surface area contributed by atoms with Crippen LogP contribution < -0.4 is 10.4 Å². The first kappa shape index (κ1) is 24.6. The van der Waals surface area contributed by atoms with Gasteiger partial charge in [-0.15, -0.1) is 12.4 Å². The molecule has 2 fully saturated rings. The Hall–Kier alpha value is -1.50. The number of rotatable bonds is 4. The number of anilines is 1. The first-order valence-corrected chi connectivity index (χ1v) is 12.2. The average Bonchev–Trinajstić information content (AvgIpc) is 3.42. The Morgan fingerprint density at radius 2 is 1.64 bits per heavy atom. The van der Waals surface area contributed by atoms with Crippen molar-refractivity contribution in [3.63, 3.8) is 0 Å². The quantitative estimate of drug-likeness (QED) is 0.501. The maximum atomic E-state index is 13.3. The molecule has 0 aromatic heterocycles. The molecule has 2 heterocycles.